The van der Waals surface area contributed by atoms with Crippen LogP contribution in [-0.2, 0) is 6.54 Å². The SMILES string of the molecule is COc1ccc(Cn2nc(C(=O)c3c(N)[nH]c4ccccc34)c3ccccc32)cc1. The first kappa shape index (κ1) is 18.0. The highest BCUT2D eigenvalue weighted by Crippen LogP contribution is 2.29. The largest absolute Gasteiger partial charge is 0.497 e. The minimum absolute atomic E-state index is 0.186. The van der Waals surface area contributed by atoms with Gasteiger partial charge in [-0.3, -0.25) is 9.48 Å². The van der Waals surface area contributed by atoms with E-state index in [2.05, 4.69) is 4.98 Å². The number of carbonyl (C=O) groups excluding carboxylic acids is 1. The number of nitrogen functional groups attached to an aromatic ring is 1. The Kier molecular flexibility index (Phi) is 4.25. The van der Waals surface area contributed by atoms with Gasteiger partial charge in [-0.1, -0.05) is 48.5 Å². The molecule has 0 fully saturated rings. The van der Waals surface area contributed by atoms with Gasteiger partial charge in [0, 0.05) is 16.3 Å². The maximum Gasteiger partial charge on any atom is 0.218 e. The lowest BCUT2D eigenvalue weighted by molar-refractivity contribution is 0.103. The molecule has 148 valence electrons. The standard InChI is InChI=1S/C24H20N4O2/c1-30-16-12-10-15(11-13-16)14-28-20-9-5-3-7-18(20)22(27-28)23(29)21-17-6-2-4-8-19(17)26-24(21)25/h2-13,26H,14,25H2,1H3. The summed E-state index contributed by atoms with van der Waals surface area (Å²) in [6, 6.07) is 23.2. The average Bonchev–Trinajstić information content (AvgIpc) is 3.31. The molecule has 6 nitrogen and oxygen atoms in total. The first-order chi connectivity index (χ1) is 14.7. The molecule has 0 saturated heterocycles. The summed E-state index contributed by atoms with van der Waals surface area (Å²) in [7, 11) is 1.64. The van der Waals surface area contributed by atoms with Crippen LogP contribution in [0.3, 0.4) is 0 Å². The van der Waals surface area contributed by atoms with Crippen molar-refractivity contribution < 1.29 is 9.53 Å². The summed E-state index contributed by atoms with van der Waals surface area (Å²) in [6.07, 6.45) is 0. The molecule has 0 unspecified atom stereocenters. The maximum absolute atomic E-state index is 13.5. The fraction of sp³-hybridized carbons (Fsp3) is 0.0833. The van der Waals surface area contributed by atoms with Crippen LogP contribution < -0.4 is 10.5 Å². The van der Waals surface area contributed by atoms with E-state index in [0.717, 1.165) is 33.1 Å². The van der Waals surface area contributed by atoms with E-state index in [0.29, 0.717) is 23.6 Å². The molecule has 0 aliphatic heterocycles. The number of ketones is 1. The van der Waals surface area contributed by atoms with E-state index in [1.165, 1.54) is 0 Å². The van der Waals surface area contributed by atoms with Crippen LogP contribution in [0.25, 0.3) is 21.8 Å². The molecule has 6 heteroatoms. The smallest absolute Gasteiger partial charge is 0.218 e. The summed E-state index contributed by atoms with van der Waals surface area (Å²) < 4.78 is 7.09. The van der Waals surface area contributed by atoms with Gasteiger partial charge in [-0.25, -0.2) is 0 Å². The fourth-order valence-corrected chi connectivity index (χ4v) is 3.85. The molecular formula is C24H20N4O2. The lowest BCUT2D eigenvalue weighted by Gasteiger charge is -2.05. The Morgan fingerprint density at radius 2 is 1.70 bits per heavy atom. The Morgan fingerprint density at radius 1 is 1.00 bits per heavy atom. The number of rotatable bonds is 5. The van der Waals surface area contributed by atoms with Crippen molar-refractivity contribution in [2.24, 2.45) is 0 Å². The summed E-state index contributed by atoms with van der Waals surface area (Å²) in [5, 5.41) is 6.30. The number of hydrogen-bond acceptors (Lipinski definition) is 4. The lowest BCUT2D eigenvalue weighted by Crippen LogP contribution is -2.07. The predicted octanol–water partition coefficient (Wildman–Crippen LogP) is 4.39. The molecule has 0 bridgehead atoms. The lowest BCUT2D eigenvalue weighted by atomic mass is 10.0. The number of nitrogens with zero attached hydrogens (tertiary/aromatic N) is 2. The summed E-state index contributed by atoms with van der Waals surface area (Å²) in [5.74, 6) is 0.972. The third-order valence-electron chi connectivity index (χ3n) is 5.33. The van der Waals surface area contributed by atoms with E-state index >= 15 is 0 Å². The van der Waals surface area contributed by atoms with Crippen LogP contribution in [-0.4, -0.2) is 27.7 Å². The summed E-state index contributed by atoms with van der Waals surface area (Å²) in [4.78, 5) is 16.6. The van der Waals surface area contributed by atoms with Crippen molar-refractivity contribution in [3.05, 3.63) is 89.6 Å². The van der Waals surface area contributed by atoms with Crippen molar-refractivity contribution in [1.29, 1.82) is 0 Å². The quantitative estimate of drug-likeness (QED) is 0.432. The number of fused-ring (bicyclic) bond motifs is 2. The molecule has 0 spiro atoms. The zero-order valence-electron chi connectivity index (χ0n) is 16.4. The number of carbonyl (C=O) groups is 1. The normalized spacial score (nSPS) is 11.2. The summed E-state index contributed by atoms with van der Waals surface area (Å²) >= 11 is 0. The van der Waals surface area contributed by atoms with Crippen molar-refractivity contribution in [3.8, 4) is 5.75 Å². The molecule has 5 rings (SSSR count). The van der Waals surface area contributed by atoms with Gasteiger partial charge in [0.15, 0.2) is 0 Å². The van der Waals surface area contributed by atoms with E-state index in [-0.39, 0.29) is 5.78 Å². The van der Waals surface area contributed by atoms with Crippen molar-refractivity contribution in [2.45, 2.75) is 6.54 Å². The second-order valence-corrected chi connectivity index (χ2v) is 7.16. The number of ether oxygens (including phenoxy) is 1. The summed E-state index contributed by atoms with van der Waals surface area (Å²) in [6.45, 7) is 0.543. The zero-order chi connectivity index (χ0) is 20.7. The fourth-order valence-electron chi connectivity index (χ4n) is 3.85. The molecule has 2 aromatic heterocycles. The number of aromatic amines is 1. The molecule has 0 aliphatic carbocycles. The van der Waals surface area contributed by atoms with Gasteiger partial charge in [0.05, 0.1) is 24.7 Å². The Balaban J connectivity index is 1.61. The van der Waals surface area contributed by atoms with Gasteiger partial charge in [0.2, 0.25) is 5.78 Å². The zero-order valence-corrected chi connectivity index (χ0v) is 16.4. The van der Waals surface area contributed by atoms with E-state index in [4.69, 9.17) is 15.6 Å². The number of anilines is 1. The topological polar surface area (TPSA) is 85.9 Å². The Bertz CT molecular complexity index is 1380. The molecule has 0 aliphatic rings. The van der Waals surface area contributed by atoms with Crippen LogP contribution in [0.15, 0.2) is 72.8 Å². The van der Waals surface area contributed by atoms with Crippen molar-refractivity contribution in [3.63, 3.8) is 0 Å². The van der Waals surface area contributed by atoms with E-state index in [9.17, 15) is 4.79 Å². The Morgan fingerprint density at radius 3 is 2.47 bits per heavy atom. The highest BCUT2D eigenvalue weighted by molar-refractivity contribution is 6.22. The van der Waals surface area contributed by atoms with E-state index in [1.54, 1.807) is 7.11 Å². The molecule has 0 atom stereocenters. The van der Waals surface area contributed by atoms with Gasteiger partial charge in [-0.05, 0) is 29.8 Å². The van der Waals surface area contributed by atoms with Crippen molar-refractivity contribution in [2.75, 3.05) is 12.8 Å². The molecule has 3 aromatic carbocycles. The first-order valence-electron chi connectivity index (χ1n) is 9.65. The van der Waals surface area contributed by atoms with Crippen LogP contribution in [0.5, 0.6) is 5.75 Å². The number of nitrogens with one attached hydrogen (secondary N) is 1. The van der Waals surface area contributed by atoms with Crippen molar-refractivity contribution >= 4 is 33.4 Å². The van der Waals surface area contributed by atoms with Crippen LogP contribution in [0.4, 0.5) is 5.82 Å². The predicted molar refractivity (Wildman–Crippen MR) is 118 cm³/mol. The van der Waals surface area contributed by atoms with Crippen molar-refractivity contribution in [1.82, 2.24) is 14.8 Å². The van der Waals surface area contributed by atoms with Crippen LogP contribution in [0.1, 0.15) is 21.6 Å². The second-order valence-electron chi connectivity index (χ2n) is 7.16. The molecule has 5 aromatic rings. The minimum atomic E-state index is -0.186. The van der Waals surface area contributed by atoms with Crippen LogP contribution in [0, 0.1) is 0 Å². The molecule has 0 radical (unpaired) electrons. The molecule has 0 amide bonds. The van der Waals surface area contributed by atoms with Gasteiger partial charge >= 0.3 is 0 Å². The van der Waals surface area contributed by atoms with Gasteiger partial charge < -0.3 is 15.5 Å². The van der Waals surface area contributed by atoms with E-state index in [1.807, 2.05) is 77.5 Å². The van der Waals surface area contributed by atoms with Gasteiger partial charge in [0.1, 0.15) is 17.3 Å². The highest BCUT2D eigenvalue weighted by Gasteiger charge is 2.24. The number of aromatic nitrogens is 3. The molecular weight excluding hydrogens is 376 g/mol. The number of benzene rings is 3. The number of hydrogen-bond donors (Lipinski definition) is 2. The van der Waals surface area contributed by atoms with Gasteiger partial charge in [-0.15, -0.1) is 0 Å². The highest BCUT2D eigenvalue weighted by atomic mass is 16.5. The van der Waals surface area contributed by atoms with E-state index < -0.39 is 0 Å². The molecule has 2 heterocycles. The number of H-pyrrole nitrogens is 1. The Hall–Kier alpha value is -4.06. The number of methoxy groups -OCH3 is 1. The monoisotopic (exact) mass is 396 g/mol. The van der Waals surface area contributed by atoms with Gasteiger partial charge in [0.25, 0.3) is 0 Å². The van der Waals surface area contributed by atoms with Gasteiger partial charge in [-0.2, -0.15) is 5.10 Å². The van der Waals surface area contributed by atoms with Crippen LogP contribution in [0.2, 0.25) is 0 Å². The summed E-state index contributed by atoms with van der Waals surface area (Å²) in [5.41, 5.74) is 9.83. The Labute approximate surface area is 172 Å². The maximum atomic E-state index is 13.5. The average molecular weight is 396 g/mol. The number of nitrogens with two attached hydrogens (primary N) is 1. The number of para-hydroxylation sites is 2. The second kappa shape index (κ2) is 7.08. The minimum Gasteiger partial charge on any atom is -0.497 e. The first-order valence-corrected chi connectivity index (χ1v) is 9.65. The molecule has 0 saturated carbocycles. The third-order valence-corrected chi connectivity index (χ3v) is 5.33. The third kappa shape index (κ3) is 2.90. The van der Waals surface area contributed by atoms with Crippen LogP contribution >= 0.6 is 0 Å². The molecule has 3 N–H and O–H groups in total. The molecule has 30 heavy (non-hydrogen) atoms.